The summed E-state index contributed by atoms with van der Waals surface area (Å²) in [7, 11) is 1.70. The van der Waals surface area contributed by atoms with Crippen LogP contribution in [0.25, 0.3) is 0 Å². The summed E-state index contributed by atoms with van der Waals surface area (Å²) in [4.78, 5) is 25.7. The number of nitrogens with zero attached hydrogens (tertiary/aromatic N) is 2. The van der Waals surface area contributed by atoms with Crippen molar-refractivity contribution in [2.75, 3.05) is 17.6 Å². The van der Waals surface area contributed by atoms with Gasteiger partial charge in [-0.3, -0.25) is 14.3 Å². The van der Waals surface area contributed by atoms with Crippen LogP contribution in [0.4, 0.5) is 24.7 Å². The Labute approximate surface area is 224 Å². The molecule has 0 spiro atoms. The van der Waals surface area contributed by atoms with Crippen molar-refractivity contribution in [3.63, 3.8) is 0 Å². The van der Waals surface area contributed by atoms with Crippen LogP contribution in [0.2, 0.25) is 5.02 Å². The number of aromatic nitrogens is 2. The SMILES string of the molecule is Cn1nc(C2CC3CC(CNC(=O)C4CCC(F)(F)CC4)CC3C2)c(C(=O)Nc2ccc(F)c(Cl)c2)c1N. The normalized spacial score (nSPS) is 26.8. The van der Waals surface area contributed by atoms with E-state index in [1.165, 1.54) is 22.9 Å². The lowest BCUT2D eigenvalue weighted by molar-refractivity contribution is -0.129. The van der Waals surface area contributed by atoms with Gasteiger partial charge in [0.15, 0.2) is 0 Å². The smallest absolute Gasteiger partial charge is 0.261 e. The summed E-state index contributed by atoms with van der Waals surface area (Å²) in [6.45, 7) is 0.577. The molecule has 7 nitrogen and oxygen atoms in total. The Morgan fingerprint density at radius 3 is 2.45 bits per heavy atom. The van der Waals surface area contributed by atoms with Crippen molar-refractivity contribution in [1.82, 2.24) is 15.1 Å². The minimum atomic E-state index is -2.64. The van der Waals surface area contributed by atoms with Crippen LogP contribution in [0.5, 0.6) is 0 Å². The Morgan fingerprint density at radius 1 is 1.16 bits per heavy atom. The van der Waals surface area contributed by atoms with Crippen molar-refractivity contribution in [3.05, 3.63) is 40.3 Å². The molecule has 1 aromatic carbocycles. The molecule has 2 atom stereocenters. The van der Waals surface area contributed by atoms with E-state index in [1.807, 2.05) is 0 Å². The molecule has 0 bridgehead atoms. The van der Waals surface area contributed by atoms with Crippen LogP contribution in [0, 0.1) is 29.5 Å². The minimum absolute atomic E-state index is 0.0863. The molecule has 0 saturated heterocycles. The van der Waals surface area contributed by atoms with E-state index in [1.54, 1.807) is 7.05 Å². The van der Waals surface area contributed by atoms with E-state index in [0.717, 1.165) is 25.7 Å². The molecule has 206 valence electrons. The maximum absolute atomic E-state index is 13.5. The molecule has 0 radical (unpaired) electrons. The van der Waals surface area contributed by atoms with Gasteiger partial charge in [0, 0.05) is 44.0 Å². The number of halogens is 4. The number of hydrogen-bond donors (Lipinski definition) is 3. The predicted octanol–water partition coefficient (Wildman–Crippen LogP) is 5.51. The van der Waals surface area contributed by atoms with Gasteiger partial charge in [0.1, 0.15) is 17.2 Å². The number of benzene rings is 1. The number of rotatable bonds is 6. The fourth-order valence-electron chi connectivity index (χ4n) is 6.67. The number of nitrogen functional groups attached to an aromatic ring is 1. The number of fused-ring (bicyclic) bond motifs is 1. The molecular weight excluding hydrogens is 519 g/mol. The largest absolute Gasteiger partial charge is 0.383 e. The first-order valence-electron chi connectivity index (χ1n) is 13.2. The van der Waals surface area contributed by atoms with Crippen molar-refractivity contribution in [2.24, 2.45) is 30.7 Å². The van der Waals surface area contributed by atoms with Gasteiger partial charge in [0.05, 0.1) is 10.7 Å². The number of nitrogens with one attached hydrogen (secondary N) is 2. The van der Waals surface area contributed by atoms with Gasteiger partial charge < -0.3 is 16.4 Å². The summed E-state index contributed by atoms with van der Waals surface area (Å²) in [6.07, 6.45) is 3.77. The second-order valence-electron chi connectivity index (χ2n) is 11.3. The maximum Gasteiger partial charge on any atom is 0.261 e. The molecule has 3 aliphatic carbocycles. The maximum atomic E-state index is 13.5. The zero-order valence-corrected chi connectivity index (χ0v) is 22.0. The van der Waals surface area contributed by atoms with Crippen LogP contribution in [0.15, 0.2) is 18.2 Å². The van der Waals surface area contributed by atoms with Gasteiger partial charge in [-0.15, -0.1) is 0 Å². The predicted molar refractivity (Wildman–Crippen MR) is 139 cm³/mol. The molecule has 5 rings (SSSR count). The lowest BCUT2D eigenvalue weighted by atomic mass is 9.86. The van der Waals surface area contributed by atoms with E-state index in [-0.39, 0.29) is 54.3 Å². The summed E-state index contributed by atoms with van der Waals surface area (Å²) in [5.41, 5.74) is 7.60. The Balaban J connectivity index is 1.17. The van der Waals surface area contributed by atoms with E-state index in [0.29, 0.717) is 41.2 Å². The van der Waals surface area contributed by atoms with Gasteiger partial charge in [-0.25, -0.2) is 13.2 Å². The lowest BCUT2D eigenvalue weighted by Crippen LogP contribution is -2.37. The van der Waals surface area contributed by atoms with E-state index in [9.17, 15) is 22.8 Å². The highest BCUT2D eigenvalue weighted by Crippen LogP contribution is 2.53. The molecule has 2 amide bonds. The standard InChI is InChI=1S/C27H33ClF3N5O2/c1-36-24(32)22(26(38)34-19-2-3-21(29)20(28)12-19)23(35-36)18-10-16-8-14(9-17(16)11-18)13-33-25(37)15-4-6-27(30,31)7-5-15/h2-3,12,14-18H,4-11,13,32H2,1H3,(H,33,37)(H,34,38). The van der Waals surface area contributed by atoms with Gasteiger partial charge in [-0.2, -0.15) is 5.10 Å². The van der Waals surface area contributed by atoms with Crippen LogP contribution in [0.3, 0.4) is 0 Å². The molecule has 0 aliphatic heterocycles. The van der Waals surface area contributed by atoms with Crippen molar-refractivity contribution in [3.8, 4) is 0 Å². The highest BCUT2D eigenvalue weighted by Gasteiger charge is 2.44. The van der Waals surface area contributed by atoms with Gasteiger partial charge in [0.25, 0.3) is 5.91 Å². The van der Waals surface area contributed by atoms with E-state index < -0.39 is 17.6 Å². The van der Waals surface area contributed by atoms with Gasteiger partial charge in [-0.05, 0) is 74.5 Å². The molecule has 38 heavy (non-hydrogen) atoms. The highest BCUT2D eigenvalue weighted by molar-refractivity contribution is 6.31. The quantitative estimate of drug-likeness (QED) is 0.440. The molecule has 1 aromatic heterocycles. The zero-order valence-electron chi connectivity index (χ0n) is 21.3. The summed E-state index contributed by atoms with van der Waals surface area (Å²) in [5, 5.41) is 10.3. The van der Waals surface area contributed by atoms with Crippen LogP contribution in [-0.4, -0.2) is 34.1 Å². The monoisotopic (exact) mass is 551 g/mol. The molecule has 1 heterocycles. The van der Waals surface area contributed by atoms with Crippen LogP contribution < -0.4 is 16.4 Å². The molecule has 3 saturated carbocycles. The molecule has 3 aliphatic rings. The Bertz CT molecular complexity index is 1210. The zero-order chi connectivity index (χ0) is 27.2. The number of nitrogens with two attached hydrogens (primary N) is 1. The molecule has 2 aromatic rings. The number of amides is 2. The Morgan fingerprint density at radius 2 is 1.82 bits per heavy atom. The van der Waals surface area contributed by atoms with Crippen LogP contribution >= 0.6 is 11.6 Å². The number of carbonyl (C=O) groups excluding carboxylic acids is 2. The number of carbonyl (C=O) groups is 2. The molecule has 2 unspecified atom stereocenters. The average molecular weight is 552 g/mol. The van der Waals surface area contributed by atoms with Gasteiger partial charge in [0.2, 0.25) is 11.8 Å². The molecular formula is C27H33ClF3N5O2. The average Bonchev–Trinajstić information content (AvgIpc) is 3.51. The number of anilines is 2. The fraction of sp³-hybridized carbons (Fsp3) is 0.593. The first-order chi connectivity index (χ1) is 18.0. The molecule has 4 N–H and O–H groups in total. The van der Waals surface area contributed by atoms with Crippen molar-refractivity contribution in [1.29, 1.82) is 0 Å². The third-order valence-corrected chi connectivity index (χ3v) is 8.97. The highest BCUT2D eigenvalue weighted by atomic mass is 35.5. The van der Waals surface area contributed by atoms with Crippen molar-refractivity contribution >= 4 is 34.9 Å². The van der Waals surface area contributed by atoms with E-state index in [4.69, 9.17) is 17.3 Å². The Kier molecular flexibility index (Phi) is 7.37. The van der Waals surface area contributed by atoms with Crippen molar-refractivity contribution in [2.45, 2.75) is 63.2 Å². The second kappa shape index (κ2) is 10.4. The van der Waals surface area contributed by atoms with E-state index >= 15 is 0 Å². The van der Waals surface area contributed by atoms with E-state index in [2.05, 4.69) is 15.7 Å². The fourth-order valence-corrected chi connectivity index (χ4v) is 6.85. The van der Waals surface area contributed by atoms with Gasteiger partial charge in [-0.1, -0.05) is 11.6 Å². The molecule has 3 fully saturated rings. The van der Waals surface area contributed by atoms with Crippen LogP contribution in [0.1, 0.15) is 73.3 Å². The second-order valence-corrected chi connectivity index (χ2v) is 11.7. The first-order valence-corrected chi connectivity index (χ1v) is 13.6. The number of aryl methyl sites for hydroxylation is 1. The van der Waals surface area contributed by atoms with Crippen molar-refractivity contribution < 1.29 is 22.8 Å². The van der Waals surface area contributed by atoms with Crippen LogP contribution in [-0.2, 0) is 11.8 Å². The van der Waals surface area contributed by atoms with Gasteiger partial charge >= 0.3 is 0 Å². The lowest BCUT2D eigenvalue weighted by Gasteiger charge is -2.27. The minimum Gasteiger partial charge on any atom is -0.383 e. The number of hydrogen-bond acceptors (Lipinski definition) is 4. The summed E-state index contributed by atoms with van der Waals surface area (Å²) < 4.78 is 41.8. The summed E-state index contributed by atoms with van der Waals surface area (Å²) in [6, 6.07) is 3.98. The third-order valence-electron chi connectivity index (χ3n) is 8.68. The summed E-state index contributed by atoms with van der Waals surface area (Å²) in [5.74, 6) is -2.39. The number of alkyl halides is 2. The summed E-state index contributed by atoms with van der Waals surface area (Å²) >= 11 is 5.85. The third kappa shape index (κ3) is 5.51. The molecule has 11 heteroatoms. The topological polar surface area (TPSA) is 102 Å². The Hall–Kier alpha value is -2.75. The first kappa shape index (κ1) is 26.8.